The van der Waals surface area contributed by atoms with Gasteiger partial charge in [-0.05, 0) is 86.9 Å². The Morgan fingerprint density at radius 2 is 0.913 bits per heavy atom. The van der Waals surface area contributed by atoms with Crippen LogP contribution in [0, 0.1) is 0 Å². The molecule has 0 spiro atoms. The zero-order valence-corrected chi connectivity index (χ0v) is 25.9. The summed E-state index contributed by atoms with van der Waals surface area (Å²) in [6.45, 7) is 0. The molecule has 0 radical (unpaired) electrons. The fraction of sp³-hybridized carbons (Fsp3) is 0. The zero-order valence-electron chi connectivity index (χ0n) is 25.1. The predicted molar refractivity (Wildman–Crippen MR) is 200 cm³/mol. The first-order chi connectivity index (χ1) is 22.8. The minimum absolute atomic E-state index is 1.13. The summed E-state index contributed by atoms with van der Waals surface area (Å²) in [5.41, 5.74) is 8.29. The van der Waals surface area contributed by atoms with E-state index in [-0.39, 0.29) is 0 Å². The molecule has 216 valence electrons. The normalized spacial score (nSPS) is 11.5. The van der Waals surface area contributed by atoms with Crippen molar-refractivity contribution in [3.05, 3.63) is 176 Å². The number of anilines is 3. The molecular weight excluding hydrogens is 575 g/mol. The van der Waals surface area contributed by atoms with Gasteiger partial charge in [0.25, 0.3) is 0 Å². The number of nitrogens with zero attached hydrogens (tertiary/aromatic N) is 1. The lowest BCUT2D eigenvalue weighted by molar-refractivity contribution is 1.31. The Kier molecular flexibility index (Phi) is 6.40. The Labute approximate surface area is 272 Å². The van der Waals surface area contributed by atoms with E-state index in [1.54, 1.807) is 0 Å². The SMILES string of the molecule is c1ccc(-c2ccc(N(c3ccc4sc5ccccc5c4c3)c3cc4ccccc4c4ccc(-c5ccccc5)cc34)cc2)cc1. The Morgan fingerprint density at radius 3 is 1.70 bits per heavy atom. The Hall–Kier alpha value is -5.70. The van der Waals surface area contributed by atoms with Gasteiger partial charge in [0.15, 0.2) is 0 Å². The van der Waals surface area contributed by atoms with E-state index in [2.05, 4.69) is 181 Å². The van der Waals surface area contributed by atoms with Gasteiger partial charge in [-0.3, -0.25) is 0 Å². The van der Waals surface area contributed by atoms with Crippen molar-refractivity contribution in [2.45, 2.75) is 0 Å². The molecule has 0 saturated heterocycles. The number of hydrogen-bond acceptors (Lipinski definition) is 2. The largest absolute Gasteiger partial charge is 0.310 e. The number of benzene rings is 8. The topological polar surface area (TPSA) is 3.24 Å². The second-order valence-corrected chi connectivity index (χ2v) is 12.9. The second kappa shape index (κ2) is 11.0. The number of thiophene rings is 1. The number of fused-ring (bicyclic) bond motifs is 6. The highest BCUT2D eigenvalue weighted by atomic mass is 32.1. The first kappa shape index (κ1) is 26.7. The average Bonchev–Trinajstić information content (AvgIpc) is 3.51. The molecule has 1 nitrogen and oxygen atoms in total. The molecule has 0 aliphatic carbocycles. The molecule has 9 rings (SSSR count). The van der Waals surface area contributed by atoms with Gasteiger partial charge in [0.05, 0.1) is 5.69 Å². The van der Waals surface area contributed by atoms with E-state index in [9.17, 15) is 0 Å². The van der Waals surface area contributed by atoms with Crippen LogP contribution in [0.4, 0.5) is 17.1 Å². The van der Waals surface area contributed by atoms with E-state index in [1.807, 2.05) is 11.3 Å². The third-order valence-corrected chi connectivity index (χ3v) is 10.2. The van der Waals surface area contributed by atoms with Gasteiger partial charge in [-0.15, -0.1) is 11.3 Å². The molecule has 0 amide bonds. The molecule has 9 aromatic rings. The van der Waals surface area contributed by atoms with Crippen LogP contribution in [-0.2, 0) is 0 Å². The smallest absolute Gasteiger partial charge is 0.0546 e. The van der Waals surface area contributed by atoms with E-state index >= 15 is 0 Å². The van der Waals surface area contributed by atoms with Crippen LogP contribution >= 0.6 is 11.3 Å². The van der Waals surface area contributed by atoms with Gasteiger partial charge in [0.1, 0.15) is 0 Å². The van der Waals surface area contributed by atoms with Crippen LogP contribution in [0.3, 0.4) is 0 Å². The molecule has 0 aliphatic heterocycles. The standard InChI is InChI=1S/C44H29NS/c1-3-11-30(12-4-1)32-19-22-35(23-20-32)45(36-24-26-44-41(29-36)39-17-9-10-18-43(39)46-44)42-28-34-15-7-8-16-37(34)38-25-21-33(27-40(38)42)31-13-5-2-6-14-31/h1-29H. The van der Waals surface area contributed by atoms with Gasteiger partial charge < -0.3 is 4.90 Å². The van der Waals surface area contributed by atoms with Crippen molar-refractivity contribution in [2.75, 3.05) is 4.90 Å². The average molecular weight is 604 g/mol. The first-order valence-corrected chi connectivity index (χ1v) is 16.5. The Bertz CT molecular complexity index is 2510. The molecule has 0 aliphatic rings. The van der Waals surface area contributed by atoms with Crippen molar-refractivity contribution in [2.24, 2.45) is 0 Å². The highest BCUT2D eigenvalue weighted by Gasteiger charge is 2.19. The van der Waals surface area contributed by atoms with Crippen molar-refractivity contribution < 1.29 is 0 Å². The van der Waals surface area contributed by atoms with E-state index < -0.39 is 0 Å². The van der Waals surface area contributed by atoms with Crippen molar-refractivity contribution >= 4 is 70.1 Å². The van der Waals surface area contributed by atoms with Crippen LogP contribution in [0.5, 0.6) is 0 Å². The maximum atomic E-state index is 2.45. The third kappa shape index (κ3) is 4.54. The van der Waals surface area contributed by atoms with Crippen LogP contribution in [-0.4, -0.2) is 0 Å². The lowest BCUT2D eigenvalue weighted by atomic mass is 9.95. The number of hydrogen-bond donors (Lipinski definition) is 0. The van der Waals surface area contributed by atoms with E-state index in [0.717, 1.165) is 17.1 Å². The van der Waals surface area contributed by atoms with E-state index in [4.69, 9.17) is 0 Å². The Morgan fingerprint density at radius 1 is 0.326 bits per heavy atom. The maximum absolute atomic E-state index is 2.45. The van der Waals surface area contributed by atoms with Gasteiger partial charge in [0, 0.05) is 36.9 Å². The molecule has 46 heavy (non-hydrogen) atoms. The van der Waals surface area contributed by atoms with Gasteiger partial charge >= 0.3 is 0 Å². The summed E-state index contributed by atoms with van der Waals surface area (Å²) in [4.78, 5) is 2.45. The van der Waals surface area contributed by atoms with Crippen LogP contribution in [0.25, 0.3) is 64.0 Å². The molecule has 0 fully saturated rings. The lowest BCUT2D eigenvalue weighted by Crippen LogP contribution is -2.10. The van der Waals surface area contributed by atoms with Crippen molar-refractivity contribution in [3.63, 3.8) is 0 Å². The lowest BCUT2D eigenvalue weighted by Gasteiger charge is -2.28. The predicted octanol–water partition coefficient (Wildman–Crippen LogP) is 13.2. The van der Waals surface area contributed by atoms with Crippen LogP contribution < -0.4 is 4.90 Å². The first-order valence-electron chi connectivity index (χ1n) is 15.7. The molecule has 0 N–H and O–H groups in total. The quantitative estimate of drug-likeness (QED) is 0.177. The summed E-state index contributed by atoms with van der Waals surface area (Å²) in [5.74, 6) is 0. The Balaban J connectivity index is 1.33. The minimum atomic E-state index is 1.13. The highest BCUT2D eigenvalue weighted by molar-refractivity contribution is 7.25. The fourth-order valence-corrected chi connectivity index (χ4v) is 7.88. The van der Waals surface area contributed by atoms with E-state index in [0.29, 0.717) is 0 Å². The maximum Gasteiger partial charge on any atom is 0.0546 e. The molecule has 1 aromatic heterocycles. The van der Waals surface area contributed by atoms with Crippen molar-refractivity contribution in [1.82, 2.24) is 0 Å². The molecule has 0 bridgehead atoms. The third-order valence-electron chi connectivity index (χ3n) is 9.04. The highest BCUT2D eigenvalue weighted by Crippen LogP contribution is 2.45. The van der Waals surface area contributed by atoms with Crippen molar-refractivity contribution in [1.29, 1.82) is 0 Å². The fourth-order valence-electron chi connectivity index (χ4n) is 6.79. The molecule has 0 saturated carbocycles. The van der Waals surface area contributed by atoms with Gasteiger partial charge in [-0.2, -0.15) is 0 Å². The molecule has 1 heterocycles. The van der Waals surface area contributed by atoms with E-state index in [1.165, 1.54) is 64.0 Å². The second-order valence-electron chi connectivity index (χ2n) is 11.8. The summed E-state index contributed by atoms with van der Waals surface area (Å²) in [5, 5.41) is 7.56. The minimum Gasteiger partial charge on any atom is -0.310 e. The summed E-state index contributed by atoms with van der Waals surface area (Å²) in [6, 6.07) is 64.1. The van der Waals surface area contributed by atoms with Crippen LogP contribution in [0.2, 0.25) is 0 Å². The summed E-state index contributed by atoms with van der Waals surface area (Å²) in [7, 11) is 0. The molecule has 8 aromatic carbocycles. The molecular formula is C44H29NS. The monoisotopic (exact) mass is 603 g/mol. The molecule has 2 heteroatoms. The molecule has 0 atom stereocenters. The van der Waals surface area contributed by atoms with Crippen LogP contribution in [0.1, 0.15) is 0 Å². The molecule has 0 unspecified atom stereocenters. The van der Waals surface area contributed by atoms with Crippen LogP contribution in [0.15, 0.2) is 176 Å². The summed E-state index contributed by atoms with van der Waals surface area (Å²) < 4.78 is 2.62. The van der Waals surface area contributed by atoms with Crippen molar-refractivity contribution in [3.8, 4) is 22.3 Å². The number of rotatable bonds is 5. The van der Waals surface area contributed by atoms with Gasteiger partial charge in [-0.25, -0.2) is 0 Å². The zero-order chi connectivity index (χ0) is 30.5. The van der Waals surface area contributed by atoms with Gasteiger partial charge in [-0.1, -0.05) is 127 Å². The summed E-state index contributed by atoms with van der Waals surface area (Å²) in [6.07, 6.45) is 0. The summed E-state index contributed by atoms with van der Waals surface area (Å²) >= 11 is 1.86. The van der Waals surface area contributed by atoms with Gasteiger partial charge in [0.2, 0.25) is 0 Å².